The van der Waals surface area contributed by atoms with Gasteiger partial charge in [-0.1, -0.05) is 73.2 Å². The first-order chi connectivity index (χ1) is 13.3. The smallest absolute Gasteiger partial charge is 0.291 e. The topological polar surface area (TPSA) is 56.5 Å². The van der Waals surface area contributed by atoms with Crippen LogP contribution in [0.2, 0.25) is 0 Å². The summed E-state index contributed by atoms with van der Waals surface area (Å²) in [5.74, 6) is 1.35. The number of para-hydroxylation sites is 1. The minimum Gasteiger partial charge on any atom is -0.493 e. The van der Waals surface area contributed by atoms with E-state index in [1.807, 2.05) is 60.7 Å². The summed E-state index contributed by atoms with van der Waals surface area (Å²) in [6.45, 7) is 2.80. The lowest BCUT2D eigenvalue weighted by molar-refractivity contribution is 0.309. The highest BCUT2D eigenvalue weighted by atomic mass is 32.1. The molecule has 27 heavy (non-hydrogen) atoms. The average molecular weight is 377 g/mol. The van der Waals surface area contributed by atoms with Crippen molar-refractivity contribution in [2.45, 2.75) is 19.8 Å². The van der Waals surface area contributed by atoms with Gasteiger partial charge >= 0.3 is 0 Å². The normalized spacial score (nSPS) is 12.0. The van der Waals surface area contributed by atoms with E-state index in [1.54, 1.807) is 0 Å². The third kappa shape index (κ3) is 3.61. The van der Waals surface area contributed by atoms with Gasteiger partial charge in [-0.2, -0.15) is 9.50 Å². The van der Waals surface area contributed by atoms with Crippen molar-refractivity contribution in [3.8, 4) is 17.1 Å². The van der Waals surface area contributed by atoms with Crippen molar-refractivity contribution in [3.63, 3.8) is 0 Å². The number of ether oxygens (including phenoxy) is 1. The highest BCUT2D eigenvalue weighted by Gasteiger charge is 2.12. The molecule has 0 aliphatic carbocycles. The summed E-state index contributed by atoms with van der Waals surface area (Å²) in [6.07, 6.45) is 3.93. The molecule has 4 aromatic rings. The average Bonchev–Trinajstić information content (AvgIpc) is 3.24. The maximum atomic E-state index is 12.7. The van der Waals surface area contributed by atoms with E-state index in [-0.39, 0.29) is 5.56 Å². The maximum Gasteiger partial charge on any atom is 0.291 e. The van der Waals surface area contributed by atoms with Crippen LogP contribution in [0.3, 0.4) is 0 Å². The van der Waals surface area contributed by atoms with Gasteiger partial charge in [-0.15, -0.1) is 5.10 Å². The van der Waals surface area contributed by atoms with Crippen molar-refractivity contribution < 1.29 is 4.74 Å². The fourth-order valence-electron chi connectivity index (χ4n) is 2.74. The predicted octanol–water partition coefficient (Wildman–Crippen LogP) is 3.54. The van der Waals surface area contributed by atoms with E-state index in [0.29, 0.717) is 21.9 Å². The third-order valence-electron chi connectivity index (χ3n) is 4.17. The van der Waals surface area contributed by atoms with Gasteiger partial charge in [0.2, 0.25) is 4.96 Å². The lowest BCUT2D eigenvalue weighted by atomic mass is 10.2. The van der Waals surface area contributed by atoms with E-state index in [1.165, 1.54) is 15.9 Å². The molecule has 5 nitrogen and oxygen atoms in total. The molecule has 0 spiro atoms. The Labute approximate surface area is 160 Å². The Morgan fingerprint density at radius 2 is 1.89 bits per heavy atom. The van der Waals surface area contributed by atoms with Crippen molar-refractivity contribution in [2.75, 3.05) is 6.61 Å². The molecule has 0 unspecified atom stereocenters. The number of rotatable bonds is 6. The van der Waals surface area contributed by atoms with Gasteiger partial charge in [0.1, 0.15) is 5.75 Å². The van der Waals surface area contributed by atoms with Gasteiger partial charge in [-0.3, -0.25) is 4.79 Å². The quantitative estimate of drug-likeness (QED) is 0.482. The molecule has 136 valence electrons. The molecule has 0 atom stereocenters. The highest BCUT2D eigenvalue weighted by molar-refractivity contribution is 7.15. The van der Waals surface area contributed by atoms with Gasteiger partial charge < -0.3 is 4.74 Å². The van der Waals surface area contributed by atoms with Gasteiger partial charge in [0, 0.05) is 11.1 Å². The van der Waals surface area contributed by atoms with Crippen molar-refractivity contribution in [1.29, 1.82) is 0 Å². The lowest BCUT2D eigenvalue weighted by Crippen LogP contribution is -2.23. The van der Waals surface area contributed by atoms with Crippen LogP contribution in [-0.4, -0.2) is 21.2 Å². The molecule has 2 aromatic heterocycles. The molecule has 0 fully saturated rings. The van der Waals surface area contributed by atoms with Crippen LogP contribution < -0.4 is 14.8 Å². The summed E-state index contributed by atoms with van der Waals surface area (Å²) in [7, 11) is 0. The number of nitrogens with zero attached hydrogens (tertiary/aromatic N) is 3. The summed E-state index contributed by atoms with van der Waals surface area (Å²) in [6, 6.07) is 17.4. The number of hydrogen-bond acceptors (Lipinski definition) is 5. The van der Waals surface area contributed by atoms with Gasteiger partial charge in [0.25, 0.3) is 5.56 Å². The van der Waals surface area contributed by atoms with Crippen LogP contribution in [0, 0.1) is 0 Å². The van der Waals surface area contributed by atoms with E-state index in [0.717, 1.165) is 29.7 Å². The first-order valence-corrected chi connectivity index (χ1v) is 9.76. The van der Waals surface area contributed by atoms with E-state index < -0.39 is 0 Å². The first kappa shape index (κ1) is 17.4. The van der Waals surface area contributed by atoms with Crippen LogP contribution in [0.15, 0.2) is 59.4 Å². The molecule has 0 saturated heterocycles. The van der Waals surface area contributed by atoms with Crippen molar-refractivity contribution in [3.05, 3.63) is 75.0 Å². The Kier molecular flexibility index (Phi) is 4.98. The summed E-state index contributed by atoms with van der Waals surface area (Å²) in [5, 5.41) is 4.38. The van der Waals surface area contributed by atoms with Crippen LogP contribution in [0.4, 0.5) is 0 Å². The number of benzene rings is 2. The summed E-state index contributed by atoms with van der Waals surface area (Å²) in [4.78, 5) is 17.8. The second-order valence-corrected chi connectivity index (χ2v) is 7.16. The molecule has 2 aromatic carbocycles. The Bertz CT molecular complexity index is 1170. The fourth-order valence-corrected chi connectivity index (χ4v) is 3.64. The Morgan fingerprint density at radius 3 is 2.67 bits per heavy atom. The van der Waals surface area contributed by atoms with Crippen LogP contribution in [0.1, 0.15) is 25.3 Å². The largest absolute Gasteiger partial charge is 0.493 e. The zero-order valence-electron chi connectivity index (χ0n) is 15.0. The summed E-state index contributed by atoms with van der Waals surface area (Å²) in [5.41, 5.74) is 1.62. The second-order valence-electron chi connectivity index (χ2n) is 6.15. The zero-order valence-corrected chi connectivity index (χ0v) is 15.8. The van der Waals surface area contributed by atoms with E-state index in [4.69, 9.17) is 4.74 Å². The fraction of sp³-hybridized carbons (Fsp3) is 0.190. The van der Waals surface area contributed by atoms with E-state index in [9.17, 15) is 4.79 Å². The minimum atomic E-state index is -0.159. The van der Waals surface area contributed by atoms with Crippen LogP contribution in [0.5, 0.6) is 5.75 Å². The molecule has 2 heterocycles. The Hall–Kier alpha value is -2.99. The standard InChI is InChI=1S/C21H19N3O2S/c1-2-3-13-26-17-12-8-7-11-16(17)14-18-20(25)24-21(27-18)22-19(23-24)15-9-5-4-6-10-15/h4-12,14H,2-3,13H2,1H3/b18-14-. The molecule has 0 saturated carbocycles. The third-order valence-corrected chi connectivity index (χ3v) is 5.13. The van der Waals surface area contributed by atoms with Crippen molar-refractivity contribution >= 4 is 22.4 Å². The monoisotopic (exact) mass is 377 g/mol. The number of thiazole rings is 1. The number of unbranched alkanes of at least 4 members (excludes halogenated alkanes) is 1. The molecule has 6 heteroatoms. The zero-order chi connectivity index (χ0) is 18.6. The SMILES string of the molecule is CCCCOc1ccccc1/C=c1\sc2nc(-c3ccccc3)nn2c1=O. The molecule has 0 aliphatic rings. The minimum absolute atomic E-state index is 0.159. The van der Waals surface area contributed by atoms with E-state index in [2.05, 4.69) is 17.0 Å². The number of fused-ring (bicyclic) bond motifs is 1. The molecule has 0 aliphatic heterocycles. The molecule has 0 amide bonds. The van der Waals surface area contributed by atoms with Crippen LogP contribution >= 0.6 is 11.3 Å². The first-order valence-electron chi connectivity index (χ1n) is 8.95. The highest BCUT2D eigenvalue weighted by Crippen LogP contribution is 2.20. The predicted molar refractivity (Wildman–Crippen MR) is 108 cm³/mol. The second kappa shape index (κ2) is 7.72. The summed E-state index contributed by atoms with van der Waals surface area (Å²) >= 11 is 1.34. The molecular formula is C21H19N3O2S. The number of hydrogen-bond donors (Lipinski definition) is 0. The Balaban J connectivity index is 1.72. The van der Waals surface area contributed by atoms with Gasteiger partial charge in [-0.05, 0) is 18.6 Å². The van der Waals surface area contributed by atoms with Crippen LogP contribution in [-0.2, 0) is 0 Å². The van der Waals surface area contributed by atoms with Crippen LogP contribution in [0.25, 0.3) is 22.4 Å². The molecular weight excluding hydrogens is 358 g/mol. The van der Waals surface area contributed by atoms with E-state index >= 15 is 0 Å². The Morgan fingerprint density at radius 1 is 1.11 bits per heavy atom. The molecule has 0 bridgehead atoms. The van der Waals surface area contributed by atoms with Gasteiger partial charge in [-0.25, -0.2) is 0 Å². The molecule has 0 radical (unpaired) electrons. The van der Waals surface area contributed by atoms with Gasteiger partial charge in [0.15, 0.2) is 5.82 Å². The molecule has 4 rings (SSSR count). The lowest BCUT2D eigenvalue weighted by Gasteiger charge is -2.07. The summed E-state index contributed by atoms with van der Waals surface area (Å²) < 4.78 is 7.82. The van der Waals surface area contributed by atoms with Gasteiger partial charge in [0.05, 0.1) is 11.1 Å². The van der Waals surface area contributed by atoms with Crippen molar-refractivity contribution in [1.82, 2.24) is 14.6 Å². The maximum absolute atomic E-state index is 12.7. The number of aromatic nitrogens is 3. The van der Waals surface area contributed by atoms with Crippen molar-refractivity contribution in [2.24, 2.45) is 0 Å². The molecule has 0 N–H and O–H groups in total.